The maximum Gasteiger partial charge on any atom is 0.417 e. The van der Waals surface area contributed by atoms with E-state index in [0.29, 0.717) is 16.3 Å². The molecule has 1 atom stereocenters. The molecule has 0 saturated heterocycles. The highest BCUT2D eigenvalue weighted by atomic mass is 79.9. The van der Waals surface area contributed by atoms with Crippen LogP contribution in [0.25, 0.3) is 0 Å². The molecular weight excluding hydrogens is 387 g/mol. The quantitative estimate of drug-likeness (QED) is 0.698. The van der Waals surface area contributed by atoms with Crippen LogP contribution in [0.1, 0.15) is 22.0 Å². The maximum absolute atomic E-state index is 13.0. The Morgan fingerprint density at radius 1 is 1.29 bits per heavy atom. The first-order chi connectivity index (χ1) is 9.81. The number of hydrogen-bond donors (Lipinski definition) is 1. The van der Waals surface area contributed by atoms with Crippen molar-refractivity contribution in [1.82, 2.24) is 5.32 Å². The molecule has 0 saturated carbocycles. The Balaban J connectivity index is 2.30. The van der Waals surface area contributed by atoms with E-state index in [2.05, 4.69) is 21.2 Å². The molecule has 0 aliphatic carbocycles. The van der Waals surface area contributed by atoms with Gasteiger partial charge in [-0.05, 0) is 36.9 Å². The van der Waals surface area contributed by atoms with Crippen molar-refractivity contribution in [2.45, 2.75) is 18.6 Å². The smallest absolute Gasteiger partial charge is 0.313 e. The Labute approximate surface area is 138 Å². The van der Waals surface area contributed by atoms with Crippen LogP contribution in [0, 0.1) is 0 Å². The third-order valence-electron chi connectivity index (χ3n) is 3.08. The first-order valence-electron chi connectivity index (χ1n) is 6.09. The van der Waals surface area contributed by atoms with Crippen LogP contribution in [0.3, 0.4) is 0 Å². The highest BCUT2D eigenvalue weighted by Gasteiger charge is 2.33. The van der Waals surface area contributed by atoms with Gasteiger partial charge in [0.1, 0.15) is 0 Å². The fraction of sp³-hybridized carbons (Fsp3) is 0.286. The van der Waals surface area contributed by atoms with Gasteiger partial charge in [-0.1, -0.05) is 33.6 Å². The number of halogens is 5. The van der Waals surface area contributed by atoms with Crippen LogP contribution in [0.15, 0.2) is 34.8 Å². The van der Waals surface area contributed by atoms with Crippen LogP contribution in [0.2, 0.25) is 4.34 Å². The van der Waals surface area contributed by atoms with Gasteiger partial charge in [-0.15, -0.1) is 11.3 Å². The van der Waals surface area contributed by atoms with Gasteiger partial charge in [-0.25, -0.2) is 0 Å². The van der Waals surface area contributed by atoms with Gasteiger partial charge in [0.25, 0.3) is 0 Å². The molecule has 1 aromatic carbocycles. The summed E-state index contributed by atoms with van der Waals surface area (Å²) in [5.74, 6) is 0. The van der Waals surface area contributed by atoms with Gasteiger partial charge in [0.2, 0.25) is 0 Å². The van der Waals surface area contributed by atoms with E-state index in [0.717, 1.165) is 4.88 Å². The third-order valence-corrected chi connectivity index (χ3v) is 5.03. The molecule has 21 heavy (non-hydrogen) atoms. The van der Waals surface area contributed by atoms with Gasteiger partial charge in [0, 0.05) is 21.8 Å². The van der Waals surface area contributed by atoms with Crippen molar-refractivity contribution in [2.24, 2.45) is 0 Å². The molecule has 1 aromatic heterocycles. The van der Waals surface area contributed by atoms with Gasteiger partial charge in [-0.3, -0.25) is 0 Å². The van der Waals surface area contributed by atoms with Crippen LogP contribution in [0.5, 0.6) is 0 Å². The van der Waals surface area contributed by atoms with Gasteiger partial charge in [0.05, 0.1) is 9.90 Å². The summed E-state index contributed by atoms with van der Waals surface area (Å²) in [6.07, 6.45) is -3.79. The fourth-order valence-electron chi connectivity index (χ4n) is 2.03. The Morgan fingerprint density at radius 2 is 2.00 bits per heavy atom. The molecule has 0 radical (unpaired) electrons. The lowest BCUT2D eigenvalue weighted by Gasteiger charge is -2.18. The summed E-state index contributed by atoms with van der Waals surface area (Å²) < 4.78 is 39.6. The van der Waals surface area contributed by atoms with Crippen LogP contribution in [0.4, 0.5) is 13.2 Å². The monoisotopic (exact) mass is 397 g/mol. The number of hydrogen-bond acceptors (Lipinski definition) is 2. The first-order valence-corrected chi connectivity index (χ1v) is 8.08. The van der Waals surface area contributed by atoms with Crippen LogP contribution in [-0.4, -0.2) is 7.05 Å². The van der Waals surface area contributed by atoms with Gasteiger partial charge >= 0.3 is 6.18 Å². The Morgan fingerprint density at radius 3 is 2.52 bits per heavy atom. The summed E-state index contributed by atoms with van der Waals surface area (Å²) in [7, 11) is 1.73. The largest absolute Gasteiger partial charge is 0.417 e. The summed E-state index contributed by atoms with van der Waals surface area (Å²) in [5.41, 5.74) is -0.0676. The molecule has 1 unspecified atom stereocenters. The molecule has 0 aliphatic rings. The lowest BCUT2D eigenvalue weighted by molar-refractivity contribution is -0.138. The molecule has 0 aliphatic heterocycles. The molecule has 1 heterocycles. The highest BCUT2D eigenvalue weighted by Crippen LogP contribution is 2.37. The normalized spacial score (nSPS) is 13.4. The number of rotatable bonds is 4. The zero-order valence-electron chi connectivity index (χ0n) is 11.0. The van der Waals surface area contributed by atoms with Crippen LogP contribution in [-0.2, 0) is 12.6 Å². The molecule has 1 nitrogen and oxygen atoms in total. The molecule has 7 heteroatoms. The molecule has 1 N–H and O–H groups in total. The van der Waals surface area contributed by atoms with Crippen molar-refractivity contribution in [1.29, 1.82) is 0 Å². The van der Waals surface area contributed by atoms with E-state index in [1.54, 1.807) is 19.2 Å². The second kappa shape index (κ2) is 6.69. The second-order valence-electron chi connectivity index (χ2n) is 4.49. The average Bonchev–Trinajstić information content (AvgIpc) is 2.81. The molecule has 0 bridgehead atoms. The van der Waals surface area contributed by atoms with E-state index in [9.17, 15) is 13.2 Å². The van der Waals surface area contributed by atoms with E-state index in [1.807, 2.05) is 6.07 Å². The van der Waals surface area contributed by atoms with Crippen LogP contribution >= 0.6 is 38.9 Å². The Hall–Kier alpha value is -0.560. The lowest BCUT2D eigenvalue weighted by Crippen LogP contribution is -2.19. The zero-order chi connectivity index (χ0) is 15.6. The predicted molar refractivity (Wildman–Crippen MR) is 84.0 cm³/mol. The molecular formula is C14H12BrClF3NS. The summed E-state index contributed by atoms with van der Waals surface area (Å²) in [5, 5.41) is 3.06. The van der Waals surface area contributed by atoms with E-state index in [1.165, 1.54) is 23.5 Å². The fourth-order valence-corrected chi connectivity index (χ4v) is 3.63. The molecule has 114 valence electrons. The minimum atomic E-state index is -4.38. The van der Waals surface area contributed by atoms with E-state index in [-0.39, 0.29) is 10.5 Å². The summed E-state index contributed by atoms with van der Waals surface area (Å²) >= 11 is 10.3. The predicted octanol–water partition coefficient (Wildman–Crippen LogP) is 5.69. The molecule has 0 fully saturated rings. The number of benzene rings is 1. The molecule has 2 aromatic rings. The van der Waals surface area contributed by atoms with E-state index >= 15 is 0 Å². The Bertz CT molecular complexity index is 627. The molecule has 0 amide bonds. The van der Waals surface area contributed by atoms with E-state index < -0.39 is 11.7 Å². The lowest BCUT2D eigenvalue weighted by atomic mass is 10.0. The minimum Gasteiger partial charge on any atom is -0.313 e. The number of alkyl halides is 3. The van der Waals surface area contributed by atoms with Gasteiger partial charge < -0.3 is 5.32 Å². The molecule has 2 rings (SSSR count). The van der Waals surface area contributed by atoms with Crippen molar-refractivity contribution in [2.75, 3.05) is 7.05 Å². The molecule has 0 spiro atoms. The van der Waals surface area contributed by atoms with E-state index in [4.69, 9.17) is 11.6 Å². The third kappa shape index (κ3) is 4.22. The van der Waals surface area contributed by atoms with Crippen molar-refractivity contribution >= 4 is 38.9 Å². The average molecular weight is 399 g/mol. The standard InChI is InChI=1S/C14H12BrClF3NS/c1-20-12(7-9-3-5-13(16)21-9)8-2-4-11(15)10(6-8)14(17,18)19/h2-6,12,20H,7H2,1H3. The Kier molecular flexibility index (Phi) is 5.35. The van der Waals surface area contributed by atoms with Crippen molar-refractivity contribution in [3.63, 3.8) is 0 Å². The first kappa shape index (κ1) is 16.8. The maximum atomic E-state index is 13.0. The second-order valence-corrected chi connectivity index (χ2v) is 7.14. The van der Waals surface area contributed by atoms with Crippen molar-refractivity contribution in [3.8, 4) is 0 Å². The number of likely N-dealkylation sites (N-methyl/N-ethyl adjacent to an activating group) is 1. The van der Waals surface area contributed by atoms with Crippen molar-refractivity contribution in [3.05, 3.63) is 55.1 Å². The summed E-state index contributed by atoms with van der Waals surface area (Å²) in [4.78, 5) is 1.02. The SMILES string of the molecule is CNC(Cc1ccc(Cl)s1)c1ccc(Br)c(C(F)(F)F)c1. The summed E-state index contributed by atoms with van der Waals surface area (Å²) in [6, 6.07) is 7.78. The van der Waals surface area contributed by atoms with Gasteiger partial charge in [-0.2, -0.15) is 13.2 Å². The van der Waals surface area contributed by atoms with Crippen molar-refractivity contribution < 1.29 is 13.2 Å². The number of nitrogens with one attached hydrogen (secondary N) is 1. The topological polar surface area (TPSA) is 12.0 Å². The minimum absolute atomic E-state index is 0.0489. The number of thiophene rings is 1. The highest BCUT2D eigenvalue weighted by molar-refractivity contribution is 9.10. The zero-order valence-corrected chi connectivity index (χ0v) is 14.1. The van der Waals surface area contributed by atoms with Crippen LogP contribution < -0.4 is 5.32 Å². The van der Waals surface area contributed by atoms with Gasteiger partial charge in [0.15, 0.2) is 0 Å². The summed E-state index contributed by atoms with van der Waals surface area (Å²) in [6.45, 7) is 0.